The van der Waals surface area contributed by atoms with Crippen LogP contribution < -0.4 is 0 Å². The fourth-order valence-corrected chi connectivity index (χ4v) is 3.73. The molecule has 0 atom stereocenters. The maximum absolute atomic E-state index is 2.44. The third-order valence-corrected chi connectivity index (χ3v) is 4.64. The number of aryl methyl sites for hydroxylation is 1. The van der Waals surface area contributed by atoms with Crippen molar-refractivity contribution in [1.82, 2.24) is 4.57 Å². The first kappa shape index (κ1) is 11.2. The van der Waals surface area contributed by atoms with E-state index in [-0.39, 0.29) is 0 Å². The topological polar surface area (TPSA) is 4.93 Å². The molecule has 1 aliphatic heterocycles. The molecule has 0 aliphatic carbocycles. The van der Waals surface area contributed by atoms with E-state index in [1.807, 2.05) is 0 Å². The number of para-hydroxylation sites is 2. The number of nitrogens with zero attached hydrogens (tertiary/aromatic N) is 1. The summed E-state index contributed by atoms with van der Waals surface area (Å²) in [7, 11) is 0. The average molecular weight is 269 g/mol. The van der Waals surface area contributed by atoms with E-state index in [4.69, 9.17) is 0 Å². The molecule has 1 aromatic heterocycles. The summed E-state index contributed by atoms with van der Waals surface area (Å²) in [6.07, 6.45) is 1.03. The van der Waals surface area contributed by atoms with Crippen LogP contribution in [0.25, 0.3) is 27.5 Å². The third kappa shape index (κ3) is 1.36. The normalized spacial score (nSPS) is 12.8. The van der Waals surface area contributed by atoms with Gasteiger partial charge in [0.15, 0.2) is 0 Å². The number of aromatic nitrogens is 1. The van der Waals surface area contributed by atoms with E-state index in [0.29, 0.717) is 0 Å². The van der Waals surface area contributed by atoms with Crippen LogP contribution in [0.3, 0.4) is 0 Å². The number of rotatable bonds is 0. The Kier molecular flexibility index (Phi) is 2.00. The largest absolute Gasteiger partial charge is 0.309 e. The Balaban J connectivity index is 2.10. The second kappa shape index (κ2) is 3.76. The lowest BCUT2D eigenvalue weighted by Gasteiger charge is -2.20. The second-order valence-corrected chi connectivity index (χ2v) is 5.97. The summed E-state index contributed by atoms with van der Waals surface area (Å²) in [5.41, 5.74) is 8.20. The van der Waals surface area contributed by atoms with E-state index >= 15 is 0 Å². The van der Waals surface area contributed by atoms with E-state index in [1.54, 1.807) is 0 Å². The molecule has 0 amide bonds. The lowest BCUT2D eigenvalue weighted by molar-refractivity contribution is 1.04. The molecule has 0 unspecified atom stereocenters. The standard InChI is InChI=1S/C20H15N/c1-13-9-10-19-17(11-13)16-7-4-6-15-12-14-5-2-3-8-18(14)21(19)20(15)16/h2-11H,12H2,1H3. The molecule has 1 heteroatoms. The van der Waals surface area contributed by atoms with Crippen LogP contribution in [-0.4, -0.2) is 4.57 Å². The number of hydrogen-bond acceptors (Lipinski definition) is 0. The van der Waals surface area contributed by atoms with Crippen molar-refractivity contribution in [2.75, 3.05) is 0 Å². The smallest absolute Gasteiger partial charge is 0.0576 e. The third-order valence-electron chi connectivity index (χ3n) is 4.64. The van der Waals surface area contributed by atoms with Gasteiger partial charge in [0.2, 0.25) is 0 Å². The van der Waals surface area contributed by atoms with Crippen LogP contribution in [-0.2, 0) is 6.42 Å². The Hall–Kier alpha value is -2.54. The lowest BCUT2D eigenvalue weighted by Crippen LogP contribution is -2.07. The molecule has 1 nitrogen and oxygen atoms in total. The predicted octanol–water partition coefficient (Wildman–Crippen LogP) is 5.00. The van der Waals surface area contributed by atoms with E-state index in [9.17, 15) is 0 Å². The first-order chi connectivity index (χ1) is 10.3. The average Bonchev–Trinajstić information content (AvgIpc) is 2.84. The zero-order chi connectivity index (χ0) is 14.0. The van der Waals surface area contributed by atoms with Crippen LogP contribution in [0.4, 0.5) is 0 Å². The second-order valence-electron chi connectivity index (χ2n) is 5.97. The van der Waals surface area contributed by atoms with Gasteiger partial charge in [-0.05, 0) is 36.2 Å². The van der Waals surface area contributed by atoms with E-state index < -0.39 is 0 Å². The summed E-state index contributed by atoms with van der Waals surface area (Å²) < 4.78 is 2.44. The zero-order valence-corrected chi connectivity index (χ0v) is 11.9. The molecule has 0 spiro atoms. The highest BCUT2D eigenvalue weighted by molar-refractivity contribution is 6.11. The Bertz CT molecular complexity index is 1020. The molecule has 2 heterocycles. The minimum absolute atomic E-state index is 1.03. The lowest BCUT2D eigenvalue weighted by atomic mass is 9.97. The van der Waals surface area contributed by atoms with Gasteiger partial charge in [0.25, 0.3) is 0 Å². The molecule has 0 N–H and O–H groups in total. The summed E-state index contributed by atoms with van der Waals surface area (Å²) in [6.45, 7) is 2.17. The van der Waals surface area contributed by atoms with Crippen molar-refractivity contribution in [3.8, 4) is 5.69 Å². The van der Waals surface area contributed by atoms with Gasteiger partial charge in [-0.25, -0.2) is 0 Å². The van der Waals surface area contributed by atoms with E-state index in [2.05, 4.69) is 72.2 Å². The quantitative estimate of drug-likeness (QED) is 0.373. The summed E-state index contributed by atoms with van der Waals surface area (Å²) in [4.78, 5) is 0. The molecule has 0 bridgehead atoms. The van der Waals surface area contributed by atoms with Crippen molar-refractivity contribution in [3.05, 3.63) is 77.4 Å². The van der Waals surface area contributed by atoms with Gasteiger partial charge in [-0.15, -0.1) is 0 Å². The van der Waals surface area contributed by atoms with E-state index in [0.717, 1.165) is 6.42 Å². The molecular weight excluding hydrogens is 254 g/mol. The monoisotopic (exact) mass is 269 g/mol. The molecule has 4 aromatic rings. The molecule has 0 fully saturated rings. The molecular formula is C20H15N. The fraction of sp³-hybridized carbons (Fsp3) is 0.100. The first-order valence-corrected chi connectivity index (χ1v) is 7.44. The van der Waals surface area contributed by atoms with Gasteiger partial charge in [-0.3, -0.25) is 0 Å². The molecule has 100 valence electrons. The zero-order valence-electron chi connectivity index (χ0n) is 11.9. The minimum Gasteiger partial charge on any atom is -0.309 e. The maximum Gasteiger partial charge on any atom is 0.0576 e. The van der Waals surface area contributed by atoms with Crippen molar-refractivity contribution < 1.29 is 0 Å². The molecule has 5 rings (SSSR count). The van der Waals surface area contributed by atoms with Crippen LogP contribution in [0.15, 0.2) is 60.7 Å². The summed E-state index contributed by atoms with van der Waals surface area (Å²) in [5, 5.41) is 2.74. The Morgan fingerprint density at radius 1 is 0.810 bits per heavy atom. The van der Waals surface area contributed by atoms with Crippen molar-refractivity contribution in [2.24, 2.45) is 0 Å². The predicted molar refractivity (Wildman–Crippen MR) is 88.3 cm³/mol. The van der Waals surface area contributed by atoms with Gasteiger partial charge in [-0.1, -0.05) is 48.0 Å². The fourth-order valence-electron chi connectivity index (χ4n) is 3.73. The van der Waals surface area contributed by atoms with Crippen LogP contribution in [0.2, 0.25) is 0 Å². The van der Waals surface area contributed by atoms with Gasteiger partial charge in [0.05, 0.1) is 11.0 Å². The Morgan fingerprint density at radius 3 is 2.62 bits per heavy atom. The number of hydrogen-bond donors (Lipinski definition) is 0. The molecule has 1 aliphatic rings. The van der Waals surface area contributed by atoms with Crippen LogP contribution in [0.1, 0.15) is 16.7 Å². The Morgan fingerprint density at radius 2 is 1.67 bits per heavy atom. The molecule has 0 radical (unpaired) electrons. The van der Waals surface area contributed by atoms with Crippen molar-refractivity contribution in [3.63, 3.8) is 0 Å². The van der Waals surface area contributed by atoms with Crippen molar-refractivity contribution in [1.29, 1.82) is 0 Å². The first-order valence-electron chi connectivity index (χ1n) is 7.44. The minimum atomic E-state index is 1.03. The van der Waals surface area contributed by atoms with Gasteiger partial charge in [0, 0.05) is 22.9 Å². The van der Waals surface area contributed by atoms with Crippen LogP contribution >= 0.6 is 0 Å². The van der Waals surface area contributed by atoms with Gasteiger partial charge in [0.1, 0.15) is 0 Å². The van der Waals surface area contributed by atoms with Gasteiger partial charge < -0.3 is 4.57 Å². The maximum atomic E-state index is 2.44. The summed E-state index contributed by atoms with van der Waals surface area (Å²) in [6, 6.07) is 22.3. The summed E-state index contributed by atoms with van der Waals surface area (Å²) >= 11 is 0. The summed E-state index contributed by atoms with van der Waals surface area (Å²) in [5.74, 6) is 0. The van der Waals surface area contributed by atoms with Crippen LogP contribution in [0.5, 0.6) is 0 Å². The van der Waals surface area contributed by atoms with Gasteiger partial charge >= 0.3 is 0 Å². The highest BCUT2D eigenvalue weighted by Gasteiger charge is 2.21. The number of benzene rings is 3. The highest BCUT2D eigenvalue weighted by Crippen LogP contribution is 2.39. The van der Waals surface area contributed by atoms with Crippen molar-refractivity contribution in [2.45, 2.75) is 13.3 Å². The Labute approximate surface area is 123 Å². The van der Waals surface area contributed by atoms with Gasteiger partial charge in [-0.2, -0.15) is 0 Å². The molecule has 21 heavy (non-hydrogen) atoms. The molecule has 3 aromatic carbocycles. The number of fused-ring (bicyclic) bond motifs is 5. The highest BCUT2D eigenvalue weighted by atomic mass is 15.0. The van der Waals surface area contributed by atoms with E-state index in [1.165, 1.54) is 44.2 Å². The SMILES string of the molecule is Cc1ccc2c(c1)c1cccc3c1n2-c1ccccc1C3. The van der Waals surface area contributed by atoms with Crippen molar-refractivity contribution >= 4 is 21.8 Å². The molecule has 0 saturated heterocycles. The van der Waals surface area contributed by atoms with Crippen LogP contribution in [0, 0.1) is 6.92 Å². The molecule has 0 saturated carbocycles.